The maximum absolute atomic E-state index is 6.11. The number of rotatable bonds is 6. The van der Waals surface area contributed by atoms with E-state index in [-0.39, 0.29) is 0 Å². The van der Waals surface area contributed by atoms with Crippen molar-refractivity contribution in [2.45, 2.75) is 20.0 Å². The number of benzene rings is 2. The molecule has 0 spiro atoms. The molecule has 0 saturated carbocycles. The van der Waals surface area contributed by atoms with E-state index in [1.165, 1.54) is 0 Å². The summed E-state index contributed by atoms with van der Waals surface area (Å²) < 4.78 is 3.68. The number of anilines is 2. The molecule has 0 atom stereocenters. The molecule has 164 valence electrons. The predicted molar refractivity (Wildman–Crippen MR) is 135 cm³/mol. The Labute approximate surface area is 206 Å². The first kappa shape index (κ1) is 22.6. The van der Waals surface area contributed by atoms with Crippen molar-refractivity contribution in [1.29, 1.82) is 0 Å². The molecular weight excluding hydrogens is 487 g/mol. The number of nitrogens with one attached hydrogen (secondary N) is 2. The minimum Gasteiger partial charge on any atom is -0.330 e. The third-order valence-electron chi connectivity index (χ3n) is 4.66. The van der Waals surface area contributed by atoms with Crippen LogP contribution in [0.2, 0.25) is 15.1 Å². The summed E-state index contributed by atoms with van der Waals surface area (Å²) in [6.07, 6.45) is 3.59. The maximum atomic E-state index is 6.11. The van der Waals surface area contributed by atoms with Crippen LogP contribution in [0.5, 0.6) is 0 Å². The van der Waals surface area contributed by atoms with Crippen LogP contribution >= 0.6 is 47.0 Å². The minimum atomic E-state index is 0.423. The Kier molecular flexibility index (Phi) is 7.01. The molecule has 0 unspecified atom stereocenters. The van der Waals surface area contributed by atoms with Gasteiger partial charge in [0.15, 0.2) is 10.9 Å². The van der Waals surface area contributed by atoms with Crippen molar-refractivity contribution in [2.75, 3.05) is 10.6 Å². The van der Waals surface area contributed by atoms with E-state index in [9.17, 15) is 0 Å². The summed E-state index contributed by atoms with van der Waals surface area (Å²) in [6.45, 7) is 3.16. The quantitative estimate of drug-likeness (QED) is 0.303. The highest BCUT2D eigenvalue weighted by molar-refractivity contribution is 7.80. The van der Waals surface area contributed by atoms with Gasteiger partial charge in [-0.3, -0.25) is 9.36 Å². The van der Waals surface area contributed by atoms with E-state index >= 15 is 0 Å². The lowest BCUT2D eigenvalue weighted by molar-refractivity contribution is 0.668. The number of nitrogens with zero attached hydrogens (tertiary/aromatic N) is 4. The zero-order chi connectivity index (χ0) is 22.7. The van der Waals surface area contributed by atoms with Crippen molar-refractivity contribution in [1.82, 2.24) is 19.6 Å². The SMILES string of the molecule is Cc1cc(NC(=S)Nc2cnn(Cc3cccc(Cl)c3)c2)nn1Cc1ccc(Cl)c(Cl)c1. The molecule has 0 radical (unpaired) electrons. The van der Waals surface area contributed by atoms with Gasteiger partial charge in [0.05, 0.1) is 35.0 Å². The number of thiocarbonyl (C=S) groups is 1. The smallest absolute Gasteiger partial charge is 0.176 e. The summed E-state index contributed by atoms with van der Waals surface area (Å²) in [5, 5.41) is 17.4. The third kappa shape index (κ3) is 5.81. The number of hydrogen-bond acceptors (Lipinski definition) is 3. The van der Waals surface area contributed by atoms with Crippen molar-refractivity contribution in [3.8, 4) is 0 Å². The zero-order valence-electron chi connectivity index (χ0n) is 17.0. The summed E-state index contributed by atoms with van der Waals surface area (Å²) in [4.78, 5) is 0. The van der Waals surface area contributed by atoms with Crippen molar-refractivity contribution in [2.24, 2.45) is 0 Å². The van der Waals surface area contributed by atoms with Gasteiger partial charge in [-0.25, -0.2) is 0 Å². The molecule has 10 heteroatoms. The molecule has 0 aliphatic heterocycles. The monoisotopic (exact) mass is 504 g/mol. The maximum Gasteiger partial charge on any atom is 0.176 e. The van der Waals surface area contributed by atoms with Crippen LogP contribution in [0, 0.1) is 6.92 Å². The Morgan fingerprint density at radius 1 is 0.969 bits per heavy atom. The number of halogens is 3. The summed E-state index contributed by atoms with van der Waals surface area (Å²) in [6, 6.07) is 15.2. The predicted octanol–water partition coefficient (Wildman–Crippen LogP) is 6.25. The van der Waals surface area contributed by atoms with Gasteiger partial charge in [-0.05, 0) is 54.5 Å². The molecule has 6 nitrogen and oxygen atoms in total. The van der Waals surface area contributed by atoms with Crippen molar-refractivity contribution >= 4 is 63.6 Å². The molecule has 2 aromatic carbocycles. The van der Waals surface area contributed by atoms with E-state index in [1.54, 1.807) is 12.3 Å². The highest BCUT2D eigenvalue weighted by Crippen LogP contribution is 2.23. The second-order valence-corrected chi connectivity index (χ2v) is 8.87. The van der Waals surface area contributed by atoms with Crippen LogP contribution in [-0.2, 0) is 13.1 Å². The van der Waals surface area contributed by atoms with Gasteiger partial charge in [0.1, 0.15) is 0 Å². The normalized spacial score (nSPS) is 10.9. The Balaban J connectivity index is 1.36. The number of hydrogen-bond donors (Lipinski definition) is 2. The number of aryl methyl sites for hydroxylation is 1. The molecule has 0 aliphatic rings. The Bertz CT molecular complexity index is 1270. The van der Waals surface area contributed by atoms with Crippen LogP contribution in [0.25, 0.3) is 0 Å². The fourth-order valence-electron chi connectivity index (χ4n) is 3.16. The van der Waals surface area contributed by atoms with Gasteiger partial charge in [-0.2, -0.15) is 10.2 Å². The van der Waals surface area contributed by atoms with Crippen LogP contribution in [-0.4, -0.2) is 24.7 Å². The van der Waals surface area contributed by atoms with E-state index < -0.39 is 0 Å². The Hall–Kier alpha value is -2.58. The number of aromatic nitrogens is 4. The van der Waals surface area contributed by atoms with E-state index in [0.29, 0.717) is 39.1 Å². The van der Waals surface area contributed by atoms with Gasteiger partial charge >= 0.3 is 0 Å². The van der Waals surface area contributed by atoms with Crippen LogP contribution in [0.15, 0.2) is 60.9 Å². The average molecular weight is 506 g/mol. The van der Waals surface area contributed by atoms with Crippen molar-refractivity contribution < 1.29 is 0 Å². The zero-order valence-corrected chi connectivity index (χ0v) is 20.1. The Morgan fingerprint density at radius 3 is 2.56 bits per heavy atom. The highest BCUT2D eigenvalue weighted by Gasteiger charge is 2.09. The second kappa shape index (κ2) is 9.92. The van der Waals surface area contributed by atoms with Crippen molar-refractivity contribution in [3.05, 3.63) is 92.8 Å². The van der Waals surface area contributed by atoms with E-state index in [2.05, 4.69) is 20.8 Å². The Morgan fingerprint density at radius 2 is 1.78 bits per heavy atom. The van der Waals surface area contributed by atoms with Gasteiger partial charge in [-0.1, -0.05) is 53.0 Å². The average Bonchev–Trinajstić information content (AvgIpc) is 3.30. The van der Waals surface area contributed by atoms with Gasteiger partial charge < -0.3 is 10.6 Å². The van der Waals surface area contributed by atoms with Gasteiger partial charge in [-0.15, -0.1) is 0 Å². The van der Waals surface area contributed by atoms with Crippen LogP contribution in [0.3, 0.4) is 0 Å². The first-order valence-electron chi connectivity index (χ1n) is 9.69. The van der Waals surface area contributed by atoms with E-state index in [0.717, 1.165) is 22.5 Å². The largest absolute Gasteiger partial charge is 0.330 e. The molecule has 2 N–H and O–H groups in total. The summed E-state index contributed by atoms with van der Waals surface area (Å²) in [7, 11) is 0. The minimum absolute atomic E-state index is 0.423. The first-order chi connectivity index (χ1) is 15.4. The molecule has 0 bridgehead atoms. The lowest BCUT2D eigenvalue weighted by Gasteiger charge is -2.07. The van der Waals surface area contributed by atoms with Gasteiger partial charge in [0.25, 0.3) is 0 Å². The standard InChI is InChI=1S/C22H19Cl3N6S/c1-14-7-21(29-31(14)12-16-5-6-19(24)20(25)9-16)28-22(32)27-18-10-26-30(13-18)11-15-3-2-4-17(23)8-15/h2-10,13H,11-12H2,1H3,(H2,27,28,29,32). The van der Waals surface area contributed by atoms with E-state index in [1.807, 2.05) is 64.9 Å². The van der Waals surface area contributed by atoms with E-state index in [4.69, 9.17) is 47.0 Å². The molecule has 32 heavy (non-hydrogen) atoms. The molecular formula is C22H19Cl3N6S. The van der Waals surface area contributed by atoms with Crippen LogP contribution in [0.1, 0.15) is 16.8 Å². The van der Waals surface area contributed by atoms with Crippen LogP contribution in [0.4, 0.5) is 11.5 Å². The first-order valence-corrected chi connectivity index (χ1v) is 11.2. The summed E-state index contributed by atoms with van der Waals surface area (Å²) in [5.74, 6) is 0.645. The summed E-state index contributed by atoms with van der Waals surface area (Å²) in [5.41, 5.74) is 3.83. The molecule has 0 saturated heterocycles. The molecule has 2 aromatic heterocycles. The van der Waals surface area contributed by atoms with Gasteiger partial charge in [0, 0.05) is 23.0 Å². The molecule has 4 rings (SSSR count). The van der Waals surface area contributed by atoms with Crippen LogP contribution < -0.4 is 10.6 Å². The second-order valence-electron chi connectivity index (χ2n) is 7.21. The fraction of sp³-hybridized carbons (Fsp3) is 0.136. The molecule has 0 amide bonds. The van der Waals surface area contributed by atoms with Gasteiger partial charge in [0.2, 0.25) is 0 Å². The molecule has 2 heterocycles. The molecule has 0 fully saturated rings. The lowest BCUT2D eigenvalue weighted by atomic mass is 10.2. The fourth-order valence-corrected chi connectivity index (χ4v) is 3.91. The van der Waals surface area contributed by atoms with Crippen molar-refractivity contribution in [3.63, 3.8) is 0 Å². The topological polar surface area (TPSA) is 59.7 Å². The third-order valence-corrected chi connectivity index (χ3v) is 5.84. The summed E-state index contributed by atoms with van der Waals surface area (Å²) >= 11 is 23.6. The lowest BCUT2D eigenvalue weighted by Crippen LogP contribution is -2.19. The highest BCUT2D eigenvalue weighted by atomic mass is 35.5. The molecule has 4 aromatic rings. The molecule has 0 aliphatic carbocycles.